The average molecular weight is 432 g/mol. The number of nitrogen functional groups attached to an aromatic ring is 1. The predicted octanol–water partition coefficient (Wildman–Crippen LogP) is 2.65. The van der Waals surface area contributed by atoms with Gasteiger partial charge in [0.05, 0.1) is 24.9 Å². The van der Waals surface area contributed by atoms with Crippen LogP contribution in [0.1, 0.15) is 5.56 Å². The molecule has 0 atom stereocenters. The molecule has 0 aliphatic rings. The topological polar surface area (TPSA) is 137 Å². The van der Waals surface area contributed by atoms with Crippen molar-refractivity contribution in [1.29, 1.82) is 0 Å². The van der Waals surface area contributed by atoms with Crippen LogP contribution in [-0.2, 0) is 11.3 Å². The van der Waals surface area contributed by atoms with E-state index >= 15 is 0 Å². The second-order valence-electron chi connectivity index (χ2n) is 6.95. The molecule has 0 saturated carbocycles. The van der Waals surface area contributed by atoms with E-state index in [-0.39, 0.29) is 5.82 Å². The Hall–Kier alpha value is -4.02. The second-order valence-corrected chi connectivity index (χ2v) is 6.95. The van der Waals surface area contributed by atoms with Crippen LogP contribution in [0.25, 0.3) is 10.9 Å². The monoisotopic (exact) mass is 432 g/mol. The van der Waals surface area contributed by atoms with Crippen LogP contribution in [-0.4, -0.2) is 40.3 Å². The highest BCUT2D eigenvalue weighted by Gasteiger charge is 2.12. The van der Waals surface area contributed by atoms with Crippen molar-refractivity contribution in [3.8, 4) is 5.88 Å². The first-order valence-corrected chi connectivity index (χ1v) is 9.96. The SMILES string of the molecule is COCCOc1cccc(Nc2cnc(N)c(N(N)Cc3ccc4ncccc4c3)n2)n1. The molecule has 164 valence electrons. The van der Waals surface area contributed by atoms with Gasteiger partial charge in [0.25, 0.3) is 0 Å². The molecular formula is C22H24N8O2. The molecule has 0 bridgehead atoms. The number of pyridine rings is 2. The number of aromatic nitrogens is 4. The van der Waals surface area contributed by atoms with Crippen molar-refractivity contribution in [2.24, 2.45) is 5.84 Å². The predicted molar refractivity (Wildman–Crippen MR) is 123 cm³/mol. The summed E-state index contributed by atoms with van der Waals surface area (Å²) in [6, 6.07) is 15.3. The zero-order valence-electron chi connectivity index (χ0n) is 17.6. The van der Waals surface area contributed by atoms with Gasteiger partial charge in [-0.3, -0.25) is 9.99 Å². The van der Waals surface area contributed by atoms with Gasteiger partial charge < -0.3 is 20.5 Å². The number of nitrogens with one attached hydrogen (secondary N) is 1. The Labute approximate surface area is 185 Å². The van der Waals surface area contributed by atoms with Gasteiger partial charge in [0.2, 0.25) is 5.88 Å². The van der Waals surface area contributed by atoms with Gasteiger partial charge in [-0.25, -0.2) is 15.8 Å². The standard InChI is InChI=1S/C22H24N8O2/c1-31-10-11-32-20-6-2-5-18(28-20)27-19-13-26-21(23)22(29-19)30(24)14-15-7-8-17-16(12-15)4-3-9-25-17/h2-9,12-13H,10-11,14,24H2,1H3,(H2,23,26)(H,27,28,29). The van der Waals surface area contributed by atoms with E-state index in [9.17, 15) is 0 Å². The molecule has 0 spiro atoms. The zero-order valence-corrected chi connectivity index (χ0v) is 17.6. The van der Waals surface area contributed by atoms with Crippen LogP contribution in [0.5, 0.6) is 5.88 Å². The van der Waals surface area contributed by atoms with Gasteiger partial charge in [0, 0.05) is 24.8 Å². The summed E-state index contributed by atoms with van der Waals surface area (Å²) in [5, 5.41) is 5.60. The molecule has 0 fully saturated rings. The minimum Gasteiger partial charge on any atom is -0.475 e. The van der Waals surface area contributed by atoms with E-state index in [1.807, 2.05) is 36.4 Å². The summed E-state index contributed by atoms with van der Waals surface area (Å²) < 4.78 is 10.5. The first-order chi connectivity index (χ1) is 15.6. The van der Waals surface area contributed by atoms with Crippen molar-refractivity contribution in [2.45, 2.75) is 6.54 Å². The highest BCUT2D eigenvalue weighted by molar-refractivity contribution is 5.79. The van der Waals surface area contributed by atoms with Gasteiger partial charge in [-0.15, -0.1) is 0 Å². The molecule has 32 heavy (non-hydrogen) atoms. The van der Waals surface area contributed by atoms with Gasteiger partial charge in [0.1, 0.15) is 12.4 Å². The molecule has 0 amide bonds. The molecule has 4 aromatic rings. The summed E-state index contributed by atoms with van der Waals surface area (Å²) >= 11 is 0. The Kier molecular flexibility index (Phi) is 6.54. The maximum absolute atomic E-state index is 6.29. The third-order valence-corrected chi connectivity index (χ3v) is 4.59. The molecule has 10 nitrogen and oxygen atoms in total. The van der Waals surface area contributed by atoms with Gasteiger partial charge in [-0.2, -0.15) is 4.98 Å². The normalized spacial score (nSPS) is 10.8. The van der Waals surface area contributed by atoms with E-state index in [4.69, 9.17) is 21.1 Å². The molecule has 5 N–H and O–H groups in total. The largest absolute Gasteiger partial charge is 0.475 e. The third-order valence-electron chi connectivity index (χ3n) is 4.59. The molecule has 4 rings (SSSR count). The zero-order chi connectivity index (χ0) is 22.3. The molecule has 10 heteroatoms. The smallest absolute Gasteiger partial charge is 0.215 e. The van der Waals surface area contributed by atoms with E-state index in [1.54, 1.807) is 25.4 Å². The molecule has 0 aliphatic heterocycles. The van der Waals surface area contributed by atoms with Crippen LogP contribution < -0.4 is 26.6 Å². The van der Waals surface area contributed by atoms with Crippen molar-refractivity contribution < 1.29 is 9.47 Å². The fourth-order valence-corrected chi connectivity index (χ4v) is 3.08. The van der Waals surface area contributed by atoms with Crippen molar-refractivity contribution in [3.05, 3.63) is 66.5 Å². The Morgan fingerprint density at radius 2 is 1.91 bits per heavy atom. The molecule has 3 heterocycles. The molecule has 3 aromatic heterocycles. The fourth-order valence-electron chi connectivity index (χ4n) is 3.08. The van der Waals surface area contributed by atoms with Crippen molar-refractivity contribution in [3.63, 3.8) is 0 Å². The van der Waals surface area contributed by atoms with Crippen LogP contribution in [0.2, 0.25) is 0 Å². The lowest BCUT2D eigenvalue weighted by molar-refractivity contribution is 0.144. The number of hydrogen-bond acceptors (Lipinski definition) is 10. The molecule has 0 radical (unpaired) electrons. The molecule has 0 saturated heterocycles. The number of ether oxygens (including phenoxy) is 2. The number of nitrogens with zero attached hydrogens (tertiary/aromatic N) is 5. The number of rotatable bonds is 9. The van der Waals surface area contributed by atoms with Crippen LogP contribution in [0, 0.1) is 0 Å². The first kappa shape index (κ1) is 21.2. The average Bonchev–Trinajstić information content (AvgIpc) is 2.81. The quantitative estimate of drug-likeness (QED) is 0.206. The Bertz CT molecular complexity index is 1200. The summed E-state index contributed by atoms with van der Waals surface area (Å²) in [4.78, 5) is 17.5. The number of fused-ring (bicyclic) bond motifs is 1. The summed E-state index contributed by atoms with van der Waals surface area (Å²) in [5.41, 5.74) is 7.96. The van der Waals surface area contributed by atoms with Crippen molar-refractivity contribution in [1.82, 2.24) is 19.9 Å². The first-order valence-electron chi connectivity index (χ1n) is 9.96. The number of benzene rings is 1. The molecule has 0 unspecified atom stereocenters. The lowest BCUT2D eigenvalue weighted by Gasteiger charge is -2.20. The van der Waals surface area contributed by atoms with Crippen LogP contribution in [0.15, 0.2) is 60.9 Å². The summed E-state index contributed by atoms with van der Waals surface area (Å²) in [5.74, 6) is 8.35. The van der Waals surface area contributed by atoms with Crippen molar-refractivity contribution >= 4 is 34.2 Å². The van der Waals surface area contributed by atoms with Crippen molar-refractivity contribution in [2.75, 3.05) is 36.4 Å². The Morgan fingerprint density at radius 1 is 1.00 bits per heavy atom. The van der Waals surface area contributed by atoms with Gasteiger partial charge >= 0.3 is 0 Å². The number of hydrogen-bond donors (Lipinski definition) is 3. The van der Waals surface area contributed by atoms with Crippen LogP contribution in [0.4, 0.5) is 23.3 Å². The lowest BCUT2D eigenvalue weighted by atomic mass is 10.1. The number of nitrogens with two attached hydrogens (primary N) is 2. The van der Waals surface area contributed by atoms with E-state index in [0.717, 1.165) is 16.5 Å². The van der Waals surface area contributed by atoms with E-state index in [2.05, 4.69) is 25.3 Å². The summed E-state index contributed by atoms with van der Waals surface area (Å²) in [7, 11) is 1.62. The summed E-state index contributed by atoms with van der Waals surface area (Å²) in [6.45, 7) is 1.28. The minimum absolute atomic E-state index is 0.227. The molecule has 1 aromatic carbocycles. The second kappa shape index (κ2) is 9.86. The highest BCUT2D eigenvalue weighted by atomic mass is 16.5. The van der Waals surface area contributed by atoms with E-state index < -0.39 is 0 Å². The maximum Gasteiger partial charge on any atom is 0.215 e. The maximum atomic E-state index is 6.29. The number of anilines is 4. The Morgan fingerprint density at radius 3 is 2.78 bits per heavy atom. The minimum atomic E-state index is 0.227. The molecule has 0 aliphatic carbocycles. The molecular weight excluding hydrogens is 408 g/mol. The van der Waals surface area contributed by atoms with Crippen LogP contribution >= 0.6 is 0 Å². The van der Waals surface area contributed by atoms with Gasteiger partial charge in [0.15, 0.2) is 17.5 Å². The van der Waals surface area contributed by atoms with E-state index in [0.29, 0.717) is 43.1 Å². The number of hydrazine groups is 1. The Balaban J connectivity index is 1.48. The highest BCUT2D eigenvalue weighted by Crippen LogP contribution is 2.23. The fraction of sp³-hybridized carbons (Fsp3) is 0.182. The third kappa shape index (κ3) is 5.17. The van der Waals surface area contributed by atoms with E-state index in [1.165, 1.54) is 11.2 Å². The van der Waals surface area contributed by atoms with Gasteiger partial charge in [-0.1, -0.05) is 18.2 Å². The number of methoxy groups -OCH3 is 1. The summed E-state index contributed by atoms with van der Waals surface area (Å²) in [6.07, 6.45) is 3.29. The van der Waals surface area contributed by atoms with Gasteiger partial charge in [-0.05, 0) is 29.8 Å². The lowest BCUT2D eigenvalue weighted by Crippen LogP contribution is -2.32. The van der Waals surface area contributed by atoms with Crippen LogP contribution in [0.3, 0.4) is 0 Å².